The number of carbonyl (C=O) groups excluding carboxylic acids is 1. The Morgan fingerprint density at radius 2 is 2.13 bits per heavy atom. The summed E-state index contributed by atoms with van der Waals surface area (Å²) in [5.41, 5.74) is 0.742. The first-order valence-electron chi connectivity index (χ1n) is 7.16. The van der Waals surface area contributed by atoms with Crippen molar-refractivity contribution >= 4 is 28.8 Å². The molecule has 23 heavy (non-hydrogen) atoms. The number of amides is 1. The lowest BCUT2D eigenvalue weighted by Crippen LogP contribution is -2.36. The minimum absolute atomic E-state index is 0.0150. The van der Waals surface area contributed by atoms with Gasteiger partial charge in [0.1, 0.15) is 17.4 Å². The zero-order chi connectivity index (χ0) is 16.7. The number of carbonyl (C=O) groups is 1. The van der Waals surface area contributed by atoms with E-state index in [1.165, 1.54) is 11.3 Å². The van der Waals surface area contributed by atoms with Gasteiger partial charge >= 0.3 is 0 Å². The zero-order valence-electron chi connectivity index (χ0n) is 13.0. The van der Waals surface area contributed by atoms with Gasteiger partial charge in [-0.1, -0.05) is 11.6 Å². The fraction of sp³-hybridized carbons (Fsp3) is 0.375. The lowest BCUT2D eigenvalue weighted by molar-refractivity contribution is -0.121. The molecule has 0 aliphatic rings. The van der Waals surface area contributed by atoms with Crippen LogP contribution in [-0.2, 0) is 22.6 Å². The van der Waals surface area contributed by atoms with Gasteiger partial charge in [0.25, 0.3) is 0 Å². The molecule has 2 aromatic rings. The second kappa shape index (κ2) is 8.86. The van der Waals surface area contributed by atoms with Crippen LogP contribution in [0.1, 0.15) is 17.6 Å². The molecule has 0 radical (unpaired) electrons. The average Bonchev–Trinajstić information content (AvgIpc) is 2.94. The van der Waals surface area contributed by atoms with Gasteiger partial charge in [0.15, 0.2) is 0 Å². The Balaban J connectivity index is 1.81. The van der Waals surface area contributed by atoms with Crippen molar-refractivity contribution in [3.8, 4) is 5.75 Å². The van der Waals surface area contributed by atoms with E-state index in [1.807, 2.05) is 24.4 Å². The molecule has 0 aliphatic carbocycles. The van der Waals surface area contributed by atoms with E-state index < -0.39 is 0 Å². The average molecular weight is 355 g/mol. The molecule has 0 aliphatic heterocycles. The molecule has 0 fully saturated rings. The lowest BCUT2D eigenvalue weighted by Gasteiger charge is -2.11. The summed E-state index contributed by atoms with van der Waals surface area (Å²) in [6, 6.07) is 7.15. The first-order chi connectivity index (χ1) is 11.1. The Morgan fingerprint density at radius 1 is 1.39 bits per heavy atom. The van der Waals surface area contributed by atoms with Gasteiger partial charge in [0.2, 0.25) is 5.91 Å². The fourth-order valence-electron chi connectivity index (χ4n) is 1.95. The van der Waals surface area contributed by atoms with Crippen molar-refractivity contribution < 1.29 is 14.3 Å². The van der Waals surface area contributed by atoms with Gasteiger partial charge in [-0.2, -0.15) is 0 Å². The Morgan fingerprint density at radius 3 is 2.83 bits per heavy atom. The molecule has 0 saturated heterocycles. The predicted octanol–water partition coefficient (Wildman–Crippen LogP) is 3.07. The lowest BCUT2D eigenvalue weighted by atomic mass is 10.3. The molecule has 1 aromatic carbocycles. The van der Waals surface area contributed by atoms with Crippen molar-refractivity contribution in [1.29, 1.82) is 0 Å². The quantitative estimate of drug-likeness (QED) is 0.791. The number of aromatic nitrogens is 1. The van der Waals surface area contributed by atoms with Crippen LogP contribution in [0.25, 0.3) is 0 Å². The van der Waals surface area contributed by atoms with Gasteiger partial charge in [0, 0.05) is 23.6 Å². The molecule has 0 spiro atoms. The normalized spacial score (nSPS) is 12.0. The van der Waals surface area contributed by atoms with Gasteiger partial charge in [0.05, 0.1) is 18.7 Å². The highest BCUT2D eigenvalue weighted by Gasteiger charge is 2.11. The van der Waals surface area contributed by atoms with E-state index in [4.69, 9.17) is 21.1 Å². The van der Waals surface area contributed by atoms with Crippen molar-refractivity contribution in [3.63, 3.8) is 0 Å². The standard InChI is InChI=1S/C16H19ClN2O3S/c1-11(8-21-2)18-15(20)7-13-10-23-16(19-13)9-22-14-5-3-12(17)4-6-14/h3-6,10-11H,7-9H2,1-2H3,(H,18,20). The van der Waals surface area contributed by atoms with Crippen LogP contribution >= 0.6 is 22.9 Å². The van der Waals surface area contributed by atoms with E-state index in [1.54, 1.807) is 19.2 Å². The third-order valence-corrected chi connectivity index (χ3v) is 4.06. The number of thiazole rings is 1. The Bertz CT molecular complexity index is 631. The van der Waals surface area contributed by atoms with Crippen molar-refractivity contribution in [1.82, 2.24) is 10.3 Å². The molecule has 124 valence electrons. The SMILES string of the molecule is COCC(C)NC(=O)Cc1csc(COc2ccc(Cl)cc2)n1. The Labute approximate surface area is 144 Å². The predicted molar refractivity (Wildman–Crippen MR) is 91.1 cm³/mol. The monoisotopic (exact) mass is 354 g/mol. The first-order valence-corrected chi connectivity index (χ1v) is 8.42. The number of methoxy groups -OCH3 is 1. The molecule has 1 heterocycles. The molecule has 0 bridgehead atoms. The minimum atomic E-state index is -0.0648. The number of nitrogens with zero attached hydrogens (tertiary/aromatic N) is 1. The molecule has 1 unspecified atom stereocenters. The summed E-state index contributed by atoms with van der Waals surface area (Å²) in [5.74, 6) is 0.669. The zero-order valence-corrected chi connectivity index (χ0v) is 14.6. The summed E-state index contributed by atoms with van der Waals surface area (Å²) < 4.78 is 10.6. The second-order valence-corrected chi connectivity index (χ2v) is 6.45. The molecule has 2 rings (SSSR count). The third-order valence-electron chi connectivity index (χ3n) is 2.94. The molecule has 1 aromatic heterocycles. The maximum Gasteiger partial charge on any atom is 0.226 e. The minimum Gasteiger partial charge on any atom is -0.486 e. The van der Waals surface area contributed by atoms with Gasteiger partial charge < -0.3 is 14.8 Å². The second-order valence-electron chi connectivity index (χ2n) is 5.08. The molecule has 1 atom stereocenters. The van der Waals surface area contributed by atoms with Gasteiger partial charge in [-0.05, 0) is 31.2 Å². The van der Waals surface area contributed by atoms with Crippen LogP contribution in [0.3, 0.4) is 0 Å². The Hall–Kier alpha value is -1.63. The summed E-state index contributed by atoms with van der Waals surface area (Å²) in [7, 11) is 1.61. The smallest absolute Gasteiger partial charge is 0.226 e. The Kier molecular flexibility index (Phi) is 6.83. The molecular weight excluding hydrogens is 336 g/mol. The van der Waals surface area contributed by atoms with E-state index in [9.17, 15) is 4.79 Å². The highest BCUT2D eigenvalue weighted by Crippen LogP contribution is 2.18. The number of hydrogen-bond donors (Lipinski definition) is 1. The van der Waals surface area contributed by atoms with Gasteiger partial charge in [-0.3, -0.25) is 4.79 Å². The highest BCUT2D eigenvalue weighted by molar-refractivity contribution is 7.09. The molecule has 7 heteroatoms. The first kappa shape index (κ1) is 17.7. The van der Waals surface area contributed by atoms with Crippen LogP contribution in [0.5, 0.6) is 5.75 Å². The molecule has 5 nitrogen and oxygen atoms in total. The van der Waals surface area contributed by atoms with Crippen LogP contribution in [0.4, 0.5) is 0 Å². The van der Waals surface area contributed by atoms with Crippen LogP contribution in [-0.4, -0.2) is 30.6 Å². The van der Waals surface area contributed by atoms with E-state index in [2.05, 4.69) is 10.3 Å². The summed E-state index contributed by atoms with van der Waals surface area (Å²) in [5, 5.41) is 6.23. The summed E-state index contributed by atoms with van der Waals surface area (Å²) in [4.78, 5) is 16.3. The molecule has 0 saturated carbocycles. The number of benzene rings is 1. The summed E-state index contributed by atoms with van der Waals surface area (Å²) >= 11 is 7.30. The van der Waals surface area contributed by atoms with E-state index in [-0.39, 0.29) is 18.4 Å². The van der Waals surface area contributed by atoms with Crippen molar-refractivity contribution in [2.75, 3.05) is 13.7 Å². The van der Waals surface area contributed by atoms with E-state index in [0.717, 1.165) is 16.5 Å². The van der Waals surface area contributed by atoms with Gasteiger partial charge in [-0.25, -0.2) is 4.98 Å². The number of halogens is 1. The van der Waals surface area contributed by atoms with Crippen LogP contribution < -0.4 is 10.1 Å². The van der Waals surface area contributed by atoms with Gasteiger partial charge in [-0.15, -0.1) is 11.3 Å². The molecule has 1 amide bonds. The van der Waals surface area contributed by atoms with Crippen molar-refractivity contribution in [2.24, 2.45) is 0 Å². The third kappa shape index (κ3) is 6.17. The summed E-state index contributed by atoms with van der Waals surface area (Å²) in [6.07, 6.45) is 0.255. The van der Waals surface area contributed by atoms with Crippen LogP contribution in [0, 0.1) is 0 Å². The van der Waals surface area contributed by atoms with E-state index in [0.29, 0.717) is 18.2 Å². The number of rotatable bonds is 8. The molecule has 1 N–H and O–H groups in total. The summed E-state index contributed by atoms with van der Waals surface area (Å²) in [6.45, 7) is 2.75. The number of ether oxygens (including phenoxy) is 2. The van der Waals surface area contributed by atoms with E-state index >= 15 is 0 Å². The van der Waals surface area contributed by atoms with Crippen molar-refractivity contribution in [3.05, 3.63) is 45.4 Å². The van der Waals surface area contributed by atoms with Crippen molar-refractivity contribution in [2.45, 2.75) is 26.0 Å². The fourth-order valence-corrected chi connectivity index (χ4v) is 2.79. The topological polar surface area (TPSA) is 60.5 Å². The largest absolute Gasteiger partial charge is 0.486 e. The van der Waals surface area contributed by atoms with Crippen LogP contribution in [0.15, 0.2) is 29.6 Å². The van der Waals surface area contributed by atoms with Crippen LogP contribution in [0.2, 0.25) is 5.02 Å². The maximum atomic E-state index is 11.9. The highest BCUT2D eigenvalue weighted by atomic mass is 35.5. The maximum absolute atomic E-state index is 11.9. The number of nitrogens with one attached hydrogen (secondary N) is 1. The molecular formula is C16H19ClN2O3S. The number of hydrogen-bond acceptors (Lipinski definition) is 5.